The molecule has 7 heteroatoms. The highest BCUT2D eigenvalue weighted by molar-refractivity contribution is 5.92. The summed E-state index contributed by atoms with van der Waals surface area (Å²) >= 11 is 0. The van der Waals surface area contributed by atoms with E-state index in [1.54, 1.807) is 6.07 Å². The summed E-state index contributed by atoms with van der Waals surface area (Å²) in [5.74, 6) is 1.20. The zero-order valence-corrected chi connectivity index (χ0v) is 18.6. The van der Waals surface area contributed by atoms with E-state index in [0.29, 0.717) is 12.3 Å². The number of para-hydroxylation sites is 2. The third-order valence-corrected chi connectivity index (χ3v) is 5.29. The fourth-order valence-corrected chi connectivity index (χ4v) is 3.46. The van der Waals surface area contributed by atoms with Gasteiger partial charge < -0.3 is 25.5 Å². The number of nitrogens with zero attached hydrogens (tertiary/aromatic N) is 3. The van der Waals surface area contributed by atoms with Crippen LogP contribution >= 0.6 is 0 Å². The smallest absolute Gasteiger partial charge is 0.226 e. The fourth-order valence-electron chi connectivity index (χ4n) is 3.46. The highest BCUT2D eigenvalue weighted by Gasteiger charge is 2.21. The summed E-state index contributed by atoms with van der Waals surface area (Å²) in [7, 11) is 0. The van der Waals surface area contributed by atoms with Crippen molar-refractivity contribution in [2.75, 3.05) is 42.9 Å². The van der Waals surface area contributed by atoms with Crippen LogP contribution in [0, 0.1) is 5.92 Å². The molecule has 1 aliphatic rings. The number of carbonyl (C=O) groups is 1. The number of amides is 1. The maximum atomic E-state index is 11.8. The highest BCUT2D eigenvalue weighted by Crippen LogP contribution is 2.27. The van der Waals surface area contributed by atoms with Crippen molar-refractivity contribution in [2.24, 2.45) is 10.9 Å². The van der Waals surface area contributed by atoms with Gasteiger partial charge in [0.2, 0.25) is 5.91 Å². The van der Waals surface area contributed by atoms with Gasteiger partial charge in [0.15, 0.2) is 5.96 Å². The molecule has 166 valence electrons. The Balaban J connectivity index is 1.59. The lowest BCUT2D eigenvalue weighted by Gasteiger charge is -2.37. The number of hydrogen-bond acceptors (Lipinski definition) is 4. The summed E-state index contributed by atoms with van der Waals surface area (Å²) in [6, 6.07) is 15.3. The lowest BCUT2D eigenvalue weighted by molar-refractivity contribution is -0.118. The molecule has 2 aromatic carbocycles. The van der Waals surface area contributed by atoms with Crippen LogP contribution in [0.25, 0.3) is 0 Å². The third kappa shape index (κ3) is 6.13. The molecule has 0 saturated carbocycles. The minimum atomic E-state index is -0.0433. The number of phenolic OH excluding ortho intramolecular Hbond substituents is 1. The fraction of sp³-hybridized carbons (Fsp3) is 0.417. The Labute approximate surface area is 184 Å². The maximum absolute atomic E-state index is 11.8. The van der Waals surface area contributed by atoms with Gasteiger partial charge >= 0.3 is 0 Å². The van der Waals surface area contributed by atoms with E-state index in [9.17, 15) is 9.90 Å². The number of rotatable bonds is 6. The monoisotopic (exact) mass is 423 g/mol. The number of anilines is 2. The second kappa shape index (κ2) is 10.7. The van der Waals surface area contributed by atoms with Crippen LogP contribution in [-0.4, -0.2) is 54.6 Å². The van der Waals surface area contributed by atoms with Crippen molar-refractivity contribution < 1.29 is 9.90 Å². The summed E-state index contributed by atoms with van der Waals surface area (Å²) in [6.07, 6.45) is 0. The van der Waals surface area contributed by atoms with E-state index in [0.717, 1.165) is 55.6 Å². The standard InChI is InChI=1S/C24H33N5O2/c1-4-25-24(26-17-19-9-11-20(12-10-19)27-23(31)18(2)3)29-15-13-28(14-16-29)21-7-5-6-8-22(21)30/h5-12,18,30H,4,13-17H2,1-3H3,(H,25,26)(H,27,31). The molecule has 0 bridgehead atoms. The number of phenols is 1. The van der Waals surface area contributed by atoms with E-state index in [1.807, 2.05) is 56.3 Å². The second-order valence-electron chi connectivity index (χ2n) is 7.97. The van der Waals surface area contributed by atoms with Gasteiger partial charge in [-0.05, 0) is 36.8 Å². The zero-order valence-electron chi connectivity index (χ0n) is 18.6. The first-order chi connectivity index (χ1) is 15.0. The van der Waals surface area contributed by atoms with Crippen molar-refractivity contribution >= 4 is 23.2 Å². The average Bonchev–Trinajstić information content (AvgIpc) is 2.78. The van der Waals surface area contributed by atoms with Gasteiger partial charge in [-0.3, -0.25) is 4.79 Å². The van der Waals surface area contributed by atoms with E-state index in [-0.39, 0.29) is 11.8 Å². The summed E-state index contributed by atoms with van der Waals surface area (Å²) in [4.78, 5) is 21.1. The van der Waals surface area contributed by atoms with E-state index in [4.69, 9.17) is 4.99 Å². The first kappa shape index (κ1) is 22.5. The van der Waals surface area contributed by atoms with Gasteiger partial charge in [-0.25, -0.2) is 4.99 Å². The van der Waals surface area contributed by atoms with E-state index in [1.165, 1.54) is 0 Å². The minimum absolute atomic E-state index is 0.0168. The number of piperazine rings is 1. The molecule has 1 amide bonds. The van der Waals surface area contributed by atoms with Gasteiger partial charge in [0.05, 0.1) is 12.2 Å². The van der Waals surface area contributed by atoms with Crippen LogP contribution < -0.4 is 15.5 Å². The minimum Gasteiger partial charge on any atom is -0.506 e. The van der Waals surface area contributed by atoms with Crippen LogP contribution in [0.5, 0.6) is 5.75 Å². The zero-order chi connectivity index (χ0) is 22.2. The average molecular weight is 424 g/mol. The number of aliphatic imine (C=N–C) groups is 1. The Kier molecular flexibility index (Phi) is 7.76. The van der Waals surface area contributed by atoms with Crippen LogP contribution in [0.15, 0.2) is 53.5 Å². The van der Waals surface area contributed by atoms with Crippen molar-refractivity contribution in [1.82, 2.24) is 10.2 Å². The van der Waals surface area contributed by atoms with E-state index < -0.39 is 0 Å². The van der Waals surface area contributed by atoms with Crippen molar-refractivity contribution in [3.63, 3.8) is 0 Å². The highest BCUT2D eigenvalue weighted by atomic mass is 16.3. The normalized spacial score (nSPS) is 14.6. The van der Waals surface area contributed by atoms with E-state index in [2.05, 4.69) is 27.4 Å². The number of carbonyl (C=O) groups excluding carboxylic acids is 1. The first-order valence-corrected chi connectivity index (χ1v) is 10.9. The largest absolute Gasteiger partial charge is 0.506 e. The molecule has 0 radical (unpaired) electrons. The molecule has 1 saturated heterocycles. The van der Waals surface area contributed by atoms with Crippen LogP contribution in [-0.2, 0) is 11.3 Å². The molecule has 0 spiro atoms. The molecule has 7 nitrogen and oxygen atoms in total. The maximum Gasteiger partial charge on any atom is 0.226 e. The van der Waals surface area contributed by atoms with Crippen LogP contribution in [0.1, 0.15) is 26.3 Å². The number of benzene rings is 2. The molecule has 2 aromatic rings. The molecule has 3 N–H and O–H groups in total. The molecule has 3 rings (SSSR count). The Morgan fingerprint density at radius 2 is 1.74 bits per heavy atom. The SMILES string of the molecule is CCNC(=NCc1ccc(NC(=O)C(C)C)cc1)N1CCN(c2ccccc2O)CC1. The van der Waals surface area contributed by atoms with Crippen molar-refractivity contribution in [3.8, 4) is 5.75 Å². The van der Waals surface area contributed by atoms with Gasteiger partial charge in [0.1, 0.15) is 5.75 Å². The predicted octanol–water partition coefficient (Wildman–Crippen LogP) is 3.27. The summed E-state index contributed by atoms with van der Waals surface area (Å²) in [5.41, 5.74) is 2.78. The molecule has 0 aromatic heterocycles. The predicted molar refractivity (Wildman–Crippen MR) is 127 cm³/mol. The second-order valence-corrected chi connectivity index (χ2v) is 7.97. The van der Waals surface area contributed by atoms with Crippen molar-refractivity contribution in [2.45, 2.75) is 27.3 Å². The molecule has 1 aliphatic heterocycles. The van der Waals surface area contributed by atoms with Gasteiger partial charge in [0.25, 0.3) is 0 Å². The Bertz CT molecular complexity index is 887. The van der Waals surface area contributed by atoms with Crippen LogP contribution in [0.3, 0.4) is 0 Å². The number of nitrogens with one attached hydrogen (secondary N) is 2. The Morgan fingerprint density at radius 3 is 2.35 bits per heavy atom. The Morgan fingerprint density at radius 1 is 1.06 bits per heavy atom. The molecular formula is C24H33N5O2. The van der Waals surface area contributed by atoms with Crippen molar-refractivity contribution in [3.05, 3.63) is 54.1 Å². The van der Waals surface area contributed by atoms with Crippen molar-refractivity contribution in [1.29, 1.82) is 0 Å². The number of hydrogen-bond donors (Lipinski definition) is 3. The molecule has 0 aliphatic carbocycles. The molecular weight excluding hydrogens is 390 g/mol. The van der Waals surface area contributed by atoms with Crippen LogP contribution in [0.2, 0.25) is 0 Å². The third-order valence-electron chi connectivity index (χ3n) is 5.29. The number of aromatic hydroxyl groups is 1. The van der Waals surface area contributed by atoms with Gasteiger partial charge in [-0.15, -0.1) is 0 Å². The molecule has 1 heterocycles. The summed E-state index contributed by atoms with van der Waals surface area (Å²) in [5, 5.41) is 16.4. The molecule has 1 fully saturated rings. The van der Waals surface area contributed by atoms with E-state index >= 15 is 0 Å². The van der Waals surface area contributed by atoms with Gasteiger partial charge in [0, 0.05) is 44.3 Å². The summed E-state index contributed by atoms with van der Waals surface area (Å²) < 4.78 is 0. The molecule has 0 atom stereocenters. The van der Waals surface area contributed by atoms with Gasteiger partial charge in [-0.2, -0.15) is 0 Å². The molecule has 0 unspecified atom stereocenters. The summed E-state index contributed by atoms with van der Waals surface area (Å²) in [6.45, 7) is 10.5. The quantitative estimate of drug-likeness (QED) is 0.491. The first-order valence-electron chi connectivity index (χ1n) is 10.9. The lowest BCUT2D eigenvalue weighted by Crippen LogP contribution is -2.52. The Hall–Kier alpha value is -3.22. The number of guanidine groups is 1. The molecule has 31 heavy (non-hydrogen) atoms. The van der Waals surface area contributed by atoms with Crippen LogP contribution in [0.4, 0.5) is 11.4 Å². The van der Waals surface area contributed by atoms with Gasteiger partial charge in [-0.1, -0.05) is 38.1 Å². The topological polar surface area (TPSA) is 80.2 Å². The lowest BCUT2D eigenvalue weighted by atomic mass is 10.1.